The van der Waals surface area contributed by atoms with Crippen LogP contribution in [0.5, 0.6) is 5.75 Å². The van der Waals surface area contributed by atoms with Crippen LogP contribution in [0.3, 0.4) is 0 Å². The van der Waals surface area contributed by atoms with E-state index in [1.807, 2.05) is 44.2 Å². The first-order chi connectivity index (χ1) is 12.0. The van der Waals surface area contributed by atoms with E-state index in [0.717, 1.165) is 30.9 Å². The van der Waals surface area contributed by atoms with Crippen molar-refractivity contribution in [2.45, 2.75) is 26.4 Å². The molecule has 0 aliphatic rings. The third-order valence-corrected chi connectivity index (χ3v) is 3.88. The first-order valence-corrected chi connectivity index (χ1v) is 9.03. The van der Waals surface area contributed by atoms with Crippen molar-refractivity contribution in [2.75, 3.05) is 30.4 Å². The van der Waals surface area contributed by atoms with Crippen molar-refractivity contribution < 1.29 is 4.74 Å². The molecule has 0 radical (unpaired) electrons. The molecule has 134 valence electrons. The minimum absolute atomic E-state index is 0.176. The van der Waals surface area contributed by atoms with Gasteiger partial charge in [-0.15, -0.1) is 0 Å². The van der Waals surface area contributed by atoms with Gasteiger partial charge in [-0.2, -0.15) is 0 Å². The molecule has 25 heavy (non-hydrogen) atoms. The zero-order valence-corrected chi connectivity index (χ0v) is 16.0. The van der Waals surface area contributed by atoms with Gasteiger partial charge >= 0.3 is 0 Å². The molecule has 0 saturated heterocycles. The summed E-state index contributed by atoms with van der Waals surface area (Å²) in [5, 5.41) is 7.08. The van der Waals surface area contributed by atoms with Gasteiger partial charge in [0.05, 0.1) is 6.10 Å². The van der Waals surface area contributed by atoms with Gasteiger partial charge in [0.1, 0.15) is 5.75 Å². The van der Waals surface area contributed by atoms with Crippen molar-refractivity contribution in [2.24, 2.45) is 0 Å². The van der Waals surface area contributed by atoms with Gasteiger partial charge in [0.15, 0.2) is 5.11 Å². The van der Waals surface area contributed by atoms with Gasteiger partial charge in [-0.05, 0) is 68.9 Å². The van der Waals surface area contributed by atoms with Gasteiger partial charge in [0.2, 0.25) is 0 Å². The van der Waals surface area contributed by atoms with E-state index in [1.54, 1.807) is 0 Å². The van der Waals surface area contributed by atoms with Crippen molar-refractivity contribution in [3.8, 4) is 5.75 Å². The van der Waals surface area contributed by atoms with Gasteiger partial charge < -0.3 is 20.3 Å². The molecule has 0 spiro atoms. The lowest BCUT2D eigenvalue weighted by Crippen LogP contribution is -2.31. The number of nitrogens with zero attached hydrogens (tertiary/aromatic N) is 1. The van der Waals surface area contributed by atoms with Crippen molar-refractivity contribution in [3.63, 3.8) is 0 Å². The molecule has 0 fully saturated rings. The highest BCUT2D eigenvalue weighted by atomic mass is 32.1. The SMILES string of the molecule is CC(C)Oc1ccc(NC(=S)NCCCN(C)c2ccccc2)cc1. The summed E-state index contributed by atoms with van der Waals surface area (Å²) < 4.78 is 5.63. The molecular weight excluding hydrogens is 330 g/mol. The van der Waals surface area contributed by atoms with E-state index in [9.17, 15) is 0 Å². The Balaban J connectivity index is 1.67. The van der Waals surface area contributed by atoms with E-state index in [1.165, 1.54) is 5.69 Å². The summed E-state index contributed by atoms with van der Waals surface area (Å²) in [6, 6.07) is 18.2. The first-order valence-electron chi connectivity index (χ1n) is 8.62. The molecule has 0 amide bonds. The molecule has 0 unspecified atom stereocenters. The molecule has 0 heterocycles. The summed E-state index contributed by atoms with van der Waals surface area (Å²) in [6.07, 6.45) is 1.18. The number of para-hydroxylation sites is 1. The van der Waals surface area contributed by atoms with Crippen LogP contribution in [0, 0.1) is 0 Å². The van der Waals surface area contributed by atoms with E-state index < -0.39 is 0 Å². The van der Waals surface area contributed by atoms with Crippen LogP contribution in [0.4, 0.5) is 11.4 Å². The number of nitrogens with one attached hydrogen (secondary N) is 2. The predicted molar refractivity (Wildman–Crippen MR) is 111 cm³/mol. The summed E-state index contributed by atoms with van der Waals surface area (Å²) in [5.74, 6) is 0.864. The van der Waals surface area contributed by atoms with E-state index >= 15 is 0 Å². The fourth-order valence-corrected chi connectivity index (χ4v) is 2.61. The van der Waals surface area contributed by atoms with Crippen LogP contribution in [-0.2, 0) is 0 Å². The topological polar surface area (TPSA) is 36.5 Å². The van der Waals surface area contributed by atoms with E-state index in [4.69, 9.17) is 17.0 Å². The zero-order chi connectivity index (χ0) is 18.1. The van der Waals surface area contributed by atoms with Gasteiger partial charge in [0, 0.05) is 31.5 Å². The zero-order valence-electron chi connectivity index (χ0n) is 15.2. The van der Waals surface area contributed by atoms with Gasteiger partial charge in [-0.25, -0.2) is 0 Å². The second kappa shape index (κ2) is 9.89. The minimum atomic E-state index is 0.176. The Bertz CT molecular complexity index is 644. The van der Waals surface area contributed by atoms with Crippen molar-refractivity contribution in [1.29, 1.82) is 0 Å². The Kier molecular flexibility index (Phi) is 7.54. The lowest BCUT2D eigenvalue weighted by Gasteiger charge is -2.19. The lowest BCUT2D eigenvalue weighted by molar-refractivity contribution is 0.242. The molecule has 0 bridgehead atoms. The smallest absolute Gasteiger partial charge is 0.170 e. The Hall–Kier alpha value is -2.27. The van der Waals surface area contributed by atoms with Crippen LogP contribution in [0.2, 0.25) is 0 Å². The summed E-state index contributed by atoms with van der Waals surface area (Å²) in [7, 11) is 2.10. The maximum absolute atomic E-state index is 5.63. The largest absolute Gasteiger partial charge is 0.491 e. The summed E-state index contributed by atoms with van der Waals surface area (Å²) in [6.45, 7) is 5.83. The molecular formula is C20H27N3OS. The molecule has 4 nitrogen and oxygen atoms in total. The molecule has 0 atom stereocenters. The molecule has 2 aromatic rings. The first kappa shape index (κ1) is 19.1. The van der Waals surface area contributed by atoms with Crippen molar-refractivity contribution in [1.82, 2.24) is 5.32 Å². The average Bonchev–Trinajstić information content (AvgIpc) is 2.60. The highest BCUT2D eigenvalue weighted by Gasteiger charge is 2.02. The Labute approximate surface area is 156 Å². The normalized spacial score (nSPS) is 10.4. The molecule has 2 N–H and O–H groups in total. The molecule has 5 heteroatoms. The van der Waals surface area contributed by atoms with Crippen LogP contribution in [0.1, 0.15) is 20.3 Å². The fraction of sp³-hybridized carbons (Fsp3) is 0.350. The Morgan fingerprint density at radius 2 is 1.76 bits per heavy atom. The number of thiocarbonyl (C=S) groups is 1. The van der Waals surface area contributed by atoms with Crippen molar-refractivity contribution in [3.05, 3.63) is 54.6 Å². The van der Waals surface area contributed by atoms with Gasteiger partial charge in [-0.3, -0.25) is 0 Å². The quantitative estimate of drug-likeness (QED) is 0.544. The van der Waals surface area contributed by atoms with Crippen molar-refractivity contribution >= 4 is 28.7 Å². The van der Waals surface area contributed by atoms with E-state index in [0.29, 0.717) is 5.11 Å². The number of anilines is 2. The molecule has 0 saturated carbocycles. The number of hydrogen-bond donors (Lipinski definition) is 2. The number of ether oxygens (including phenoxy) is 1. The summed E-state index contributed by atoms with van der Waals surface area (Å²) >= 11 is 5.34. The summed E-state index contributed by atoms with van der Waals surface area (Å²) in [4.78, 5) is 2.24. The third kappa shape index (κ3) is 7.01. The van der Waals surface area contributed by atoms with Crippen LogP contribution in [-0.4, -0.2) is 31.4 Å². The maximum Gasteiger partial charge on any atom is 0.170 e. The lowest BCUT2D eigenvalue weighted by atomic mass is 10.3. The van der Waals surface area contributed by atoms with E-state index in [2.05, 4.69) is 46.8 Å². The third-order valence-electron chi connectivity index (χ3n) is 3.64. The molecule has 0 aliphatic carbocycles. The average molecular weight is 358 g/mol. The number of hydrogen-bond acceptors (Lipinski definition) is 3. The Morgan fingerprint density at radius 1 is 1.08 bits per heavy atom. The van der Waals surface area contributed by atoms with Crippen LogP contribution in [0.15, 0.2) is 54.6 Å². The molecule has 0 aromatic heterocycles. The van der Waals surface area contributed by atoms with E-state index in [-0.39, 0.29) is 6.10 Å². The monoisotopic (exact) mass is 357 g/mol. The molecule has 2 aromatic carbocycles. The van der Waals surface area contributed by atoms with Crippen LogP contribution in [0.25, 0.3) is 0 Å². The fourth-order valence-electron chi connectivity index (χ4n) is 2.39. The number of rotatable bonds is 8. The second-order valence-electron chi connectivity index (χ2n) is 6.18. The van der Waals surface area contributed by atoms with Gasteiger partial charge in [-0.1, -0.05) is 18.2 Å². The Morgan fingerprint density at radius 3 is 2.40 bits per heavy atom. The maximum atomic E-state index is 5.63. The standard InChI is InChI=1S/C20H27N3OS/c1-16(2)24-19-12-10-17(11-13-19)22-20(25)21-14-7-15-23(3)18-8-5-4-6-9-18/h4-6,8-13,16H,7,14-15H2,1-3H3,(H2,21,22,25). The summed E-state index contributed by atoms with van der Waals surface area (Å²) in [5.41, 5.74) is 2.18. The minimum Gasteiger partial charge on any atom is -0.491 e. The highest BCUT2D eigenvalue weighted by Crippen LogP contribution is 2.16. The second-order valence-corrected chi connectivity index (χ2v) is 6.59. The predicted octanol–water partition coefficient (Wildman–Crippen LogP) is 4.29. The number of benzene rings is 2. The van der Waals surface area contributed by atoms with Crippen LogP contribution >= 0.6 is 12.2 Å². The highest BCUT2D eigenvalue weighted by molar-refractivity contribution is 7.80. The van der Waals surface area contributed by atoms with Crippen LogP contribution < -0.4 is 20.3 Å². The van der Waals surface area contributed by atoms with Gasteiger partial charge in [0.25, 0.3) is 0 Å². The molecule has 2 rings (SSSR count). The molecule has 0 aliphatic heterocycles.